The van der Waals surface area contributed by atoms with Gasteiger partial charge in [0.1, 0.15) is 29.6 Å². The number of halogens is 1. The Balaban J connectivity index is 1.56. The predicted octanol–water partition coefficient (Wildman–Crippen LogP) is 6.34. The zero-order chi connectivity index (χ0) is 32.7. The number of oxazole rings is 1. The van der Waals surface area contributed by atoms with E-state index in [2.05, 4.69) is 34.3 Å². The summed E-state index contributed by atoms with van der Waals surface area (Å²) >= 11 is -1.38. The Bertz CT molecular complexity index is 1340. The predicted molar refractivity (Wildman–Crippen MR) is 173 cm³/mol. The van der Waals surface area contributed by atoms with Crippen molar-refractivity contribution in [2.75, 3.05) is 26.9 Å². The van der Waals surface area contributed by atoms with E-state index in [1.165, 1.54) is 13.4 Å². The van der Waals surface area contributed by atoms with Gasteiger partial charge in [0.15, 0.2) is 5.82 Å². The number of hydrogen-bond acceptors (Lipinski definition) is 10. The molecular weight excluding hydrogens is 618 g/mol. The van der Waals surface area contributed by atoms with Crippen LogP contribution in [-0.4, -0.2) is 63.8 Å². The summed E-state index contributed by atoms with van der Waals surface area (Å²) < 4.78 is 62.0. The van der Waals surface area contributed by atoms with Crippen LogP contribution in [0.15, 0.2) is 35.3 Å². The number of nitrogens with one attached hydrogen (secondary N) is 1. The largest absolute Gasteiger partial charge is 0.598 e. The normalized spacial score (nSPS) is 16.6. The van der Waals surface area contributed by atoms with Gasteiger partial charge in [-0.1, -0.05) is 32.5 Å². The van der Waals surface area contributed by atoms with Gasteiger partial charge in [-0.2, -0.15) is 0 Å². The highest BCUT2D eigenvalue weighted by Crippen LogP contribution is 2.36. The third-order valence-electron chi connectivity index (χ3n) is 7.55. The first kappa shape index (κ1) is 35.5. The molecule has 2 atom stereocenters. The van der Waals surface area contributed by atoms with Gasteiger partial charge in [0.25, 0.3) is 5.89 Å². The van der Waals surface area contributed by atoms with Crippen LogP contribution in [0.1, 0.15) is 70.6 Å². The number of unbranched alkanes of at least 4 members (excludes halogenated alkanes) is 2. The monoisotopic (exact) mass is 665 g/mol. The summed E-state index contributed by atoms with van der Waals surface area (Å²) in [5, 5.41) is 0. The maximum absolute atomic E-state index is 15.2. The number of methoxy groups -OCH3 is 1. The fourth-order valence-corrected chi connectivity index (χ4v) is 6.54. The average molecular weight is 666 g/mol. The van der Waals surface area contributed by atoms with Crippen LogP contribution in [0.25, 0.3) is 11.3 Å². The van der Waals surface area contributed by atoms with Crippen molar-refractivity contribution in [3.63, 3.8) is 0 Å². The second kappa shape index (κ2) is 15.5. The number of nitrogens with zero attached hydrogens (tertiary/aromatic N) is 4. The maximum atomic E-state index is 15.2. The Kier molecular flexibility index (Phi) is 12.2. The number of rotatable bonds is 17. The minimum atomic E-state index is -1.38. The first-order valence-corrected chi connectivity index (χ1v) is 20.4. The summed E-state index contributed by atoms with van der Waals surface area (Å²) in [4.78, 5) is 13.0. The first-order chi connectivity index (χ1) is 21.3. The Labute approximate surface area is 269 Å². The molecule has 1 aliphatic heterocycles. The van der Waals surface area contributed by atoms with Crippen LogP contribution in [0.4, 0.5) is 4.39 Å². The van der Waals surface area contributed by atoms with Crippen molar-refractivity contribution in [1.82, 2.24) is 24.2 Å². The third-order valence-corrected chi connectivity index (χ3v) is 10.9. The molecule has 0 aromatic carbocycles. The number of imidazole rings is 1. The number of hydrogen-bond donors (Lipinski definition) is 1. The second-order valence-electron chi connectivity index (χ2n) is 13.4. The van der Waals surface area contributed by atoms with Gasteiger partial charge in [0.2, 0.25) is 11.7 Å². The molecular formula is C31H48FN5O6SSi. The molecule has 1 unspecified atom stereocenters. The van der Waals surface area contributed by atoms with Gasteiger partial charge in [0.05, 0.1) is 44.6 Å². The molecule has 1 fully saturated rings. The van der Waals surface area contributed by atoms with Crippen LogP contribution < -0.4 is 9.46 Å². The van der Waals surface area contributed by atoms with E-state index in [9.17, 15) is 4.55 Å². The second-order valence-corrected chi connectivity index (χ2v) is 21.0. The van der Waals surface area contributed by atoms with E-state index in [1.807, 2.05) is 25.3 Å². The molecule has 4 rings (SSSR count). The molecule has 0 radical (unpaired) electrons. The van der Waals surface area contributed by atoms with Crippen molar-refractivity contribution in [3.05, 3.63) is 48.5 Å². The van der Waals surface area contributed by atoms with Gasteiger partial charge in [-0.3, -0.25) is 0 Å². The van der Waals surface area contributed by atoms with E-state index >= 15 is 4.39 Å². The highest BCUT2D eigenvalue weighted by Gasteiger charge is 2.42. The molecule has 3 aromatic heterocycles. The van der Waals surface area contributed by atoms with E-state index in [4.69, 9.17) is 28.3 Å². The van der Waals surface area contributed by atoms with E-state index in [0.29, 0.717) is 61.5 Å². The fourth-order valence-electron chi connectivity index (χ4n) is 4.95. The molecule has 45 heavy (non-hydrogen) atoms. The number of ether oxygens (including phenoxy) is 4. The third kappa shape index (κ3) is 9.59. The van der Waals surface area contributed by atoms with Crippen molar-refractivity contribution in [3.8, 4) is 17.1 Å². The molecule has 11 nitrogen and oxygen atoms in total. The van der Waals surface area contributed by atoms with Crippen LogP contribution >= 0.6 is 0 Å². The highest BCUT2D eigenvalue weighted by molar-refractivity contribution is 7.90. The van der Waals surface area contributed by atoms with Crippen LogP contribution in [0, 0.1) is 5.82 Å². The summed E-state index contributed by atoms with van der Waals surface area (Å²) in [5.74, 6) is -0.0947. The molecule has 1 N–H and O–H groups in total. The van der Waals surface area contributed by atoms with Gasteiger partial charge in [-0.15, -0.1) is 4.72 Å². The SMILES string of the molecule is COc1cc(-c2cnc(C(CCCCCC3(c4ncco4)OCCO3)N[S@+]([O-])C(C)(C)C)n2COCC[Si](C)(C)C)c(F)cn1. The van der Waals surface area contributed by atoms with Gasteiger partial charge in [0, 0.05) is 44.1 Å². The maximum Gasteiger partial charge on any atom is 0.255 e. The molecule has 250 valence electrons. The molecule has 14 heteroatoms. The van der Waals surface area contributed by atoms with Crippen molar-refractivity contribution >= 4 is 19.4 Å². The molecule has 1 saturated heterocycles. The van der Waals surface area contributed by atoms with Crippen LogP contribution in [0.5, 0.6) is 5.88 Å². The molecule has 0 amide bonds. The zero-order valence-electron chi connectivity index (χ0n) is 27.6. The number of aromatic nitrogens is 4. The Morgan fingerprint density at radius 2 is 1.89 bits per heavy atom. The van der Waals surface area contributed by atoms with Crippen LogP contribution in [-0.2, 0) is 38.1 Å². The molecule has 4 heterocycles. The standard InChI is InChI=1S/C31H48FN5O6SSi/c1-30(2,3)44(38)36-25(11-9-8-10-12-31(42-15-16-43-31)29-33-13-14-41-29)28-35-21-26(23-19-27(39-4)34-20-24(23)32)37(28)22-40-17-18-45(5,6)7/h13-14,19-21,25,36H,8-12,15-18,22H2,1-7H3/t25?,44-/m1/s1. The summed E-state index contributed by atoms with van der Waals surface area (Å²) in [5.41, 5.74) is 0.839. The first-order valence-electron chi connectivity index (χ1n) is 15.5. The Morgan fingerprint density at radius 3 is 2.53 bits per heavy atom. The van der Waals surface area contributed by atoms with Crippen LogP contribution in [0.2, 0.25) is 25.7 Å². The molecule has 3 aromatic rings. The van der Waals surface area contributed by atoms with Gasteiger partial charge in [-0.25, -0.2) is 19.3 Å². The van der Waals surface area contributed by atoms with E-state index in [-0.39, 0.29) is 12.8 Å². The Hall–Kier alpha value is -2.33. The van der Waals surface area contributed by atoms with Crippen LogP contribution in [0.3, 0.4) is 0 Å². The quantitative estimate of drug-likeness (QED) is 0.0991. The summed E-state index contributed by atoms with van der Waals surface area (Å²) in [6, 6.07) is 2.16. The summed E-state index contributed by atoms with van der Waals surface area (Å²) in [6.45, 7) is 14.4. The molecule has 0 aliphatic carbocycles. The van der Waals surface area contributed by atoms with E-state index < -0.39 is 35.8 Å². The molecule has 0 bridgehead atoms. The lowest BCUT2D eigenvalue weighted by molar-refractivity contribution is -0.187. The topological polar surface area (TPSA) is 129 Å². The lowest BCUT2D eigenvalue weighted by Crippen LogP contribution is -2.42. The summed E-state index contributed by atoms with van der Waals surface area (Å²) in [7, 11) is 0.162. The molecule has 0 saturated carbocycles. The lowest BCUT2D eigenvalue weighted by Gasteiger charge is -2.28. The van der Waals surface area contributed by atoms with Crippen molar-refractivity contribution < 1.29 is 32.3 Å². The number of pyridine rings is 1. The van der Waals surface area contributed by atoms with Gasteiger partial charge >= 0.3 is 0 Å². The summed E-state index contributed by atoms with van der Waals surface area (Å²) in [6.07, 6.45) is 9.60. The zero-order valence-corrected chi connectivity index (χ0v) is 29.4. The van der Waals surface area contributed by atoms with Gasteiger partial charge in [-0.05, 0) is 39.7 Å². The van der Waals surface area contributed by atoms with Crippen molar-refractivity contribution in [1.29, 1.82) is 0 Å². The fraction of sp³-hybridized carbons (Fsp3) is 0.645. The highest BCUT2D eigenvalue weighted by atomic mass is 32.2. The Morgan fingerprint density at radius 1 is 1.13 bits per heavy atom. The smallest absolute Gasteiger partial charge is 0.255 e. The van der Waals surface area contributed by atoms with E-state index in [0.717, 1.165) is 31.5 Å². The molecule has 1 aliphatic rings. The minimum absolute atomic E-state index is 0.174. The lowest BCUT2D eigenvalue weighted by atomic mass is 10.0. The van der Waals surface area contributed by atoms with Crippen molar-refractivity contribution in [2.45, 2.75) is 102 Å². The van der Waals surface area contributed by atoms with Crippen molar-refractivity contribution in [2.24, 2.45) is 0 Å². The average Bonchev–Trinajstić information content (AvgIpc) is 3.76. The van der Waals surface area contributed by atoms with E-state index in [1.54, 1.807) is 18.5 Å². The molecule has 0 spiro atoms. The minimum Gasteiger partial charge on any atom is -0.598 e. The van der Waals surface area contributed by atoms with Gasteiger partial charge < -0.3 is 32.5 Å².